The molecule has 4 heteroatoms. The van der Waals surface area contributed by atoms with Gasteiger partial charge in [0.15, 0.2) is 0 Å². The minimum Gasteiger partial charge on any atom is -0.378 e. The largest absolute Gasteiger partial charge is 0.378 e. The van der Waals surface area contributed by atoms with Crippen LogP contribution in [0.1, 0.15) is 33.6 Å². The molecule has 0 radical (unpaired) electrons. The molecule has 0 aromatic heterocycles. The zero-order valence-electron chi connectivity index (χ0n) is 10.2. The third-order valence-corrected chi connectivity index (χ3v) is 4.89. The first-order valence-corrected chi connectivity index (χ1v) is 6.96. The number of carbonyl (C=O) groups is 1. The molecule has 2 aliphatic rings. The molecule has 0 bridgehead atoms. The third kappa shape index (κ3) is 1.80. The Hall–Kier alpha value is -0.0900. The number of amides is 1. The van der Waals surface area contributed by atoms with Crippen LogP contribution in [0, 0.1) is 5.41 Å². The molecule has 3 nitrogen and oxygen atoms in total. The predicted octanol–water partition coefficient (Wildman–Crippen LogP) is 2.19. The van der Waals surface area contributed by atoms with Crippen LogP contribution in [0.2, 0.25) is 0 Å². The van der Waals surface area contributed by atoms with Crippen molar-refractivity contribution >= 4 is 21.8 Å². The van der Waals surface area contributed by atoms with Gasteiger partial charge in [0.1, 0.15) is 0 Å². The van der Waals surface area contributed by atoms with Crippen LogP contribution < -0.4 is 0 Å². The molecular formula is C12H20BrNO2. The fraction of sp³-hybridized carbons (Fsp3) is 0.917. The van der Waals surface area contributed by atoms with Crippen LogP contribution in [0.4, 0.5) is 0 Å². The first-order chi connectivity index (χ1) is 7.48. The average molecular weight is 290 g/mol. The minimum atomic E-state index is 0.0365. The van der Waals surface area contributed by atoms with E-state index in [0.717, 1.165) is 26.0 Å². The molecule has 1 aliphatic heterocycles. The summed E-state index contributed by atoms with van der Waals surface area (Å²) in [5, 5.41) is 0. The minimum absolute atomic E-state index is 0.0365. The van der Waals surface area contributed by atoms with E-state index in [9.17, 15) is 4.79 Å². The van der Waals surface area contributed by atoms with Crippen LogP contribution in [-0.4, -0.2) is 40.9 Å². The van der Waals surface area contributed by atoms with E-state index in [0.29, 0.717) is 12.1 Å². The Bertz CT molecular complexity index is 293. The molecule has 1 heterocycles. The van der Waals surface area contributed by atoms with Gasteiger partial charge >= 0.3 is 0 Å². The maximum absolute atomic E-state index is 11.9. The van der Waals surface area contributed by atoms with Crippen molar-refractivity contribution in [2.24, 2.45) is 5.41 Å². The van der Waals surface area contributed by atoms with E-state index in [2.05, 4.69) is 29.8 Å². The first-order valence-electron chi connectivity index (χ1n) is 6.04. The molecule has 0 aromatic rings. The Kier molecular flexibility index (Phi) is 3.32. The fourth-order valence-electron chi connectivity index (χ4n) is 2.85. The van der Waals surface area contributed by atoms with Gasteiger partial charge in [-0.05, 0) is 19.8 Å². The summed E-state index contributed by atoms with van der Waals surface area (Å²) in [5.41, 5.74) is 0.0999. The van der Waals surface area contributed by atoms with Crippen molar-refractivity contribution in [2.75, 3.05) is 13.2 Å². The number of hydrogen-bond acceptors (Lipinski definition) is 2. The van der Waals surface area contributed by atoms with E-state index < -0.39 is 0 Å². The Morgan fingerprint density at radius 3 is 2.69 bits per heavy atom. The molecule has 1 aliphatic carbocycles. The lowest BCUT2D eigenvalue weighted by atomic mass is 9.63. The highest BCUT2D eigenvalue weighted by atomic mass is 79.9. The van der Waals surface area contributed by atoms with Crippen molar-refractivity contribution in [3.05, 3.63) is 0 Å². The summed E-state index contributed by atoms with van der Waals surface area (Å²) in [6.45, 7) is 8.09. The topological polar surface area (TPSA) is 29.5 Å². The summed E-state index contributed by atoms with van der Waals surface area (Å²) < 4.78 is 5.70. The molecule has 2 rings (SSSR count). The Morgan fingerprint density at radius 1 is 1.56 bits per heavy atom. The van der Waals surface area contributed by atoms with Crippen LogP contribution in [0.5, 0.6) is 0 Å². The van der Waals surface area contributed by atoms with Gasteiger partial charge in [0.05, 0.1) is 10.9 Å². The van der Waals surface area contributed by atoms with Crippen LogP contribution >= 0.6 is 15.9 Å². The molecule has 1 saturated heterocycles. The van der Waals surface area contributed by atoms with Gasteiger partial charge in [-0.15, -0.1) is 0 Å². The summed E-state index contributed by atoms with van der Waals surface area (Å²) in [4.78, 5) is 14.0. The molecule has 3 atom stereocenters. The maximum Gasteiger partial charge on any atom is 0.236 e. The number of halogens is 1. The lowest BCUT2D eigenvalue weighted by Crippen LogP contribution is -2.62. The number of alkyl halides is 1. The van der Waals surface area contributed by atoms with Crippen LogP contribution in [0.15, 0.2) is 0 Å². The molecular weight excluding hydrogens is 270 g/mol. The zero-order chi connectivity index (χ0) is 11.9. The van der Waals surface area contributed by atoms with Crippen LogP contribution in [0.3, 0.4) is 0 Å². The second-order valence-electron chi connectivity index (χ2n) is 5.30. The van der Waals surface area contributed by atoms with E-state index in [1.165, 1.54) is 0 Å². The van der Waals surface area contributed by atoms with Crippen LogP contribution in [0.25, 0.3) is 0 Å². The van der Waals surface area contributed by atoms with Gasteiger partial charge in [0, 0.05) is 24.6 Å². The highest BCUT2D eigenvalue weighted by molar-refractivity contribution is 9.10. The number of nitrogens with zero attached hydrogens (tertiary/aromatic N) is 1. The van der Waals surface area contributed by atoms with E-state index in [1.807, 2.05) is 11.8 Å². The summed E-state index contributed by atoms with van der Waals surface area (Å²) in [7, 11) is 0. The second kappa shape index (κ2) is 4.30. The molecule has 16 heavy (non-hydrogen) atoms. The number of likely N-dealkylation sites (tertiary alicyclic amines) is 1. The standard InChI is InChI=1S/C12H20BrNO2/c1-4-16-10-7-9(12(10,2)3)14-6-5-8(13)11(14)15/h8-10H,4-7H2,1-3H3. The van der Waals surface area contributed by atoms with Crippen molar-refractivity contribution in [3.8, 4) is 0 Å². The molecule has 3 unspecified atom stereocenters. The van der Waals surface area contributed by atoms with Crippen molar-refractivity contribution in [2.45, 2.75) is 50.6 Å². The quantitative estimate of drug-likeness (QED) is 0.746. The van der Waals surface area contributed by atoms with Gasteiger partial charge in [-0.1, -0.05) is 29.8 Å². The zero-order valence-corrected chi connectivity index (χ0v) is 11.8. The smallest absolute Gasteiger partial charge is 0.236 e. The van der Waals surface area contributed by atoms with Gasteiger partial charge in [-0.25, -0.2) is 0 Å². The number of carbonyl (C=O) groups excluding carboxylic acids is 1. The predicted molar refractivity (Wildman–Crippen MR) is 66.6 cm³/mol. The highest BCUT2D eigenvalue weighted by Gasteiger charge is 2.54. The van der Waals surface area contributed by atoms with E-state index in [-0.39, 0.29) is 16.1 Å². The fourth-order valence-corrected chi connectivity index (χ4v) is 3.32. The normalized spacial score (nSPS) is 37.6. The number of rotatable bonds is 3. The maximum atomic E-state index is 11.9. The van der Waals surface area contributed by atoms with Crippen LogP contribution in [-0.2, 0) is 9.53 Å². The van der Waals surface area contributed by atoms with Gasteiger partial charge < -0.3 is 9.64 Å². The summed E-state index contributed by atoms with van der Waals surface area (Å²) in [6.07, 6.45) is 2.24. The Balaban J connectivity index is 2.01. The number of ether oxygens (including phenoxy) is 1. The van der Waals surface area contributed by atoms with Gasteiger partial charge in [0.25, 0.3) is 0 Å². The van der Waals surface area contributed by atoms with E-state index in [1.54, 1.807) is 0 Å². The molecule has 1 saturated carbocycles. The number of hydrogen-bond donors (Lipinski definition) is 0. The van der Waals surface area contributed by atoms with Crippen molar-refractivity contribution < 1.29 is 9.53 Å². The summed E-state index contributed by atoms with van der Waals surface area (Å²) >= 11 is 3.43. The molecule has 1 amide bonds. The lowest BCUT2D eigenvalue weighted by Gasteiger charge is -2.54. The van der Waals surface area contributed by atoms with Crippen molar-refractivity contribution in [1.29, 1.82) is 0 Å². The SMILES string of the molecule is CCOC1CC(N2CCC(Br)C2=O)C1(C)C. The Labute approximate surface area is 106 Å². The summed E-state index contributed by atoms with van der Waals surface area (Å²) in [6, 6.07) is 0.360. The lowest BCUT2D eigenvalue weighted by molar-refractivity contribution is -0.162. The average Bonchev–Trinajstić information content (AvgIpc) is 2.55. The van der Waals surface area contributed by atoms with Crippen molar-refractivity contribution in [1.82, 2.24) is 4.90 Å². The second-order valence-corrected chi connectivity index (χ2v) is 6.41. The molecule has 0 aromatic carbocycles. The third-order valence-electron chi connectivity index (χ3n) is 4.04. The van der Waals surface area contributed by atoms with E-state index >= 15 is 0 Å². The van der Waals surface area contributed by atoms with Gasteiger partial charge in [0.2, 0.25) is 5.91 Å². The first kappa shape index (κ1) is 12.4. The Morgan fingerprint density at radius 2 is 2.25 bits per heavy atom. The van der Waals surface area contributed by atoms with Gasteiger partial charge in [-0.2, -0.15) is 0 Å². The summed E-state index contributed by atoms with van der Waals surface area (Å²) in [5.74, 6) is 0.257. The van der Waals surface area contributed by atoms with Gasteiger partial charge in [-0.3, -0.25) is 4.79 Å². The highest BCUT2D eigenvalue weighted by Crippen LogP contribution is 2.47. The monoisotopic (exact) mass is 289 g/mol. The van der Waals surface area contributed by atoms with Crippen molar-refractivity contribution in [3.63, 3.8) is 0 Å². The van der Waals surface area contributed by atoms with E-state index in [4.69, 9.17) is 4.74 Å². The molecule has 0 N–H and O–H groups in total. The molecule has 2 fully saturated rings. The molecule has 92 valence electrons. The molecule has 0 spiro atoms.